The van der Waals surface area contributed by atoms with Gasteiger partial charge < -0.3 is 14.6 Å². The Kier molecular flexibility index (Phi) is 6.94. The molecular weight excluding hydrogens is 498 g/mol. The number of nitrogens with zero attached hydrogens (tertiary/aromatic N) is 1. The van der Waals surface area contributed by atoms with E-state index in [1.54, 1.807) is 6.92 Å². The van der Waals surface area contributed by atoms with Crippen LogP contribution in [0.3, 0.4) is 0 Å². The molecule has 2 N–H and O–H groups in total. The van der Waals surface area contributed by atoms with E-state index in [0.717, 1.165) is 10.0 Å². The molecule has 10 heteroatoms. The lowest BCUT2D eigenvalue weighted by atomic mass is 9.86. The van der Waals surface area contributed by atoms with Gasteiger partial charge in [-0.15, -0.1) is 0 Å². The van der Waals surface area contributed by atoms with E-state index in [9.17, 15) is 13.2 Å². The summed E-state index contributed by atoms with van der Waals surface area (Å²) in [6.45, 7) is 7.67. The number of halogens is 1. The van der Waals surface area contributed by atoms with Gasteiger partial charge in [0, 0.05) is 21.8 Å². The minimum atomic E-state index is -3.83. The molecule has 1 heterocycles. The van der Waals surface area contributed by atoms with Crippen molar-refractivity contribution >= 4 is 43.4 Å². The van der Waals surface area contributed by atoms with Crippen molar-refractivity contribution in [2.24, 2.45) is 0 Å². The number of anilines is 2. The number of amides is 1. The summed E-state index contributed by atoms with van der Waals surface area (Å²) in [7, 11) is -3.83. The normalized spacial score (nSPS) is 11.8. The zero-order valence-corrected chi connectivity index (χ0v) is 20.5. The molecule has 32 heavy (non-hydrogen) atoms. The number of carbonyl (C=O) groups excluding carboxylic acids is 1. The minimum absolute atomic E-state index is 0.0251. The molecule has 0 atom stereocenters. The summed E-state index contributed by atoms with van der Waals surface area (Å²) in [5.74, 6) is 0.853. The van der Waals surface area contributed by atoms with Crippen LogP contribution in [0.25, 0.3) is 0 Å². The molecule has 0 unspecified atom stereocenters. The highest BCUT2D eigenvalue weighted by Crippen LogP contribution is 2.33. The van der Waals surface area contributed by atoms with Crippen LogP contribution in [-0.4, -0.2) is 26.1 Å². The van der Waals surface area contributed by atoms with E-state index in [1.807, 2.05) is 18.2 Å². The van der Waals surface area contributed by atoms with Gasteiger partial charge in [-0.2, -0.15) is 0 Å². The van der Waals surface area contributed by atoms with Crippen molar-refractivity contribution < 1.29 is 22.5 Å². The summed E-state index contributed by atoms with van der Waals surface area (Å²) in [4.78, 5) is 12.4. The number of aryl methyl sites for hydroxylation is 1. The summed E-state index contributed by atoms with van der Waals surface area (Å²) in [5, 5.41) is 6.31. The maximum absolute atomic E-state index is 12.4. The van der Waals surface area contributed by atoms with Gasteiger partial charge >= 0.3 is 0 Å². The molecule has 1 aromatic heterocycles. The van der Waals surface area contributed by atoms with E-state index in [0.29, 0.717) is 17.2 Å². The Morgan fingerprint density at radius 3 is 2.41 bits per heavy atom. The molecule has 0 bridgehead atoms. The monoisotopic (exact) mass is 521 g/mol. The third-order valence-corrected chi connectivity index (χ3v) is 6.29. The third kappa shape index (κ3) is 6.10. The van der Waals surface area contributed by atoms with Crippen molar-refractivity contribution in [2.75, 3.05) is 16.6 Å². The topological polar surface area (TPSA) is 111 Å². The number of carbonyl (C=O) groups is 1. The van der Waals surface area contributed by atoms with Gasteiger partial charge in [0.2, 0.25) is 0 Å². The average molecular weight is 522 g/mol. The number of hydrogen-bond donors (Lipinski definition) is 2. The first kappa shape index (κ1) is 23.8. The van der Waals surface area contributed by atoms with E-state index in [1.165, 1.54) is 30.3 Å². The lowest BCUT2D eigenvalue weighted by Crippen LogP contribution is -2.22. The second-order valence-electron chi connectivity index (χ2n) is 8.18. The van der Waals surface area contributed by atoms with Crippen molar-refractivity contribution in [1.82, 2.24) is 5.16 Å². The van der Waals surface area contributed by atoms with E-state index >= 15 is 0 Å². The molecule has 0 aliphatic carbocycles. The molecule has 0 fully saturated rings. The van der Waals surface area contributed by atoms with Gasteiger partial charge in [-0.3, -0.25) is 9.52 Å². The number of nitrogens with one attached hydrogen (secondary N) is 2. The highest BCUT2D eigenvalue weighted by molar-refractivity contribution is 9.10. The largest absolute Gasteiger partial charge is 0.483 e. The molecule has 0 saturated heterocycles. The fourth-order valence-electron chi connectivity index (χ4n) is 2.88. The predicted molar refractivity (Wildman–Crippen MR) is 125 cm³/mol. The Balaban J connectivity index is 1.62. The third-order valence-electron chi connectivity index (χ3n) is 4.42. The number of ether oxygens (including phenoxy) is 1. The van der Waals surface area contributed by atoms with Crippen molar-refractivity contribution in [3.05, 3.63) is 64.3 Å². The van der Waals surface area contributed by atoms with E-state index < -0.39 is 10.0 Å². The summed E-state index contributed by atoms with van der Waals surface area (Å²) >= 11 is 3.46. The maximum atomic E-state index is 12.4. The fourth-order valence-corrected chi connectivity index (χ4v) is 4.23. The average Bonchev–Trinajstić information content (AvgIpc) is 3.10. The quantitative estimate of drug-likeness (QED) is 0.459. The fraction of sp³-hybridized carbons (Fsp3) is 0.273. The standard InChI is InChI=1S/C22H24BrN3O5S/c1-14-11-20(25-31-14)26-32(28,29)17-8-6-16(7-9-17)24-21(27)13-30-19-10-5-15(23)12-18(19)22(2,3)4/h5-12H,13H2,1-4H3,(H,24,27)(H,25,26). The molecule has 2 aromatic carbocycles. The van der Waals surface area contributed by atoms with Crippen LogP contribution in [0.15, 0.2) is 62.4 Å². The molecule has 0 aliphatic rings. The van der Waals surface area contributed by atoms with Crippen LogP contribution < -0.4 is 14.8 Å². The molecular formula is C22H24BrN3O5S. The summed E-state index contributed by atoms with van der Waals surface area (Å²) in [6.07, 6.45) is 0. The highest BCUT2D eigenvalue weighted by Gasteiger charge is 2.20. The number of aromatic nitrogens is 1. The van der Waals surface area contributed by atoms with Crippen LogP contribution in [-0.2, 0) is 20.2 Å². The highest BCUT2D eigenvalue weighted by atomic mass is 79.9. The first-order chi connectivity index (χ1) is 14.9. The zero-order valence-electron chi connectivity index (χ0n) is 18.1. The van der Waals surface area contributed by atoms with Gasteiger partial charge in [-0.1, -0.05) is 41.9 Å². The predicted octanol–water partition coefficient (Wildman–Crippen LogP) is 4.86. The number of benzene rings is 2. The SMILES string of the molecule is Cc1cc(NS(=O)(=O)c2ccc(NC(=O)COc3ccc(Br)cc3C(C)(C)C)cc2)no1. The van der Waals surface area contributed by atoms with Gasteiger partial charge in [0.1, 0.15) is 11.5 Å². The van der Waals surface area contributed by atoms with Crippen LogP contribution in [0.2, 0.25) is 0 Å². The first-order valence-corrected chi connectivity index (χ1v) is 12.0. The van der Waals surface area contributed by atoms with Crippen molar-refractivity contribution in [3.63, 3.8) is 0 Å². The zero-order chi connectivity index (χ0) is 23.5. The Morgan fingerprint density at radius 1 is 1.12 bits per heavy atom. The van der Waals surface area contributed by atoms with Gasteiger partial charge in [0.25, 0.3) is 15.9 Å². The second kappa shape index (κ2) is 9.33. The molecule has 0 saturated carbocycles. The van der Waals surface area contributed by atoms with Crippen LogP contribution in [0.4, 0.5) is 11.5 Å². The Bertz CT molecular complexity index is 1220. The van der Waals surface area contributed by atoms with E-state index in [4.69, 9.17) is 9.26 Å². The Morgan fingerprint density at radius 2 is 1.81 bits per heavy atom. The van der Waals surface area contributed by atoms with Gasteiger partial charge in [-0.25, -0.2) is 8.42 Å². The number of rotatable bonds is 7. The van der Waals surface area contributed by atoms with Crippen molar-refractivity contribution in [3.8, 4) is 5.75 Å². The van der Waals surface area contributed by atoms with Crippen LogP contribution in [0.1, 0.15) is 32.1 Å². The molecule has 3 aromatic rings. The first-order valence-electron chi connectivity index (χ1n) is 9.73. The molecule has 8 nitrogen and oxygen atoms in total. The maximum Gasteiger partial charge on any atom is 0.263 e. The van der Waals surface area contributed by atoms with Gasteiger partial charge in [0.05, 0.1) is 4.90 Å². The van der Waals surface area contributed by atoms with E-state index in [-0.39, 0.29) is 28.6 Å². The number of hydrogen-bond acceptors (Lipinski definition) is 6. The van der Waals surface area contributed by atoms with Gasteiger partial charge in [0.15, 0.2) is 12.4 Å². The minimum Gasteiger partial charge on any atom is -0.483 e. The Labute approximate surface area is 195 Å². The second-order valence-corrected chi connectivity index (χ2v) is 10.8. The molecule has 0 radical (unpaired) electrons. The molecule has 0 spiro atoms. The summed E-state index contributed by atoms with van der Waals surface area (Å²) < 4.78 is 38.7. The number of sulfonamides is 1. The van der Waals surface area contributed by atoms with E-state index in [2.05, 4.69) is 51.9 Å². The van der Waals surface area contributed by atoms with Crippen LogP contribution >= 0.6 is 15.9 Å². The smallest absolute Gasteiger partial charge is 0.263 e. The van der Waals surface area contributed by atoms with Gasteiger partial charge in [-0.05, 0) is 54.8 Å². The van der Waals surface area contributed by atoms with Crippen LogP contribution in [0, 0.1) is 6.92 Å². The molecule has 0 aliphatic heterocycles. The lowest BCUT2D eigenvalue weighted by Gasteiger charge is -2.23. The summed E-state index contributed by atoms with van der Waals surface area (Å²) in [6, 6.07) is 12.9. The Hall–Kier alpha value is -2.85. The molecule has 170 valence electrons. The summed E-state index contributed by atoms with van der Waals surface area (Å²) in [5.41, 5.74) is 1.26. The molecule has 1 amide bonds. The van der Waals surface area contributed by atoms with Crippen molar-refractivity contribution in [1.29, 1.82) is 0 Å². The van der Waals surface area contributed by atoms with Crippen LogP contribution in [0.5, 0.6) is 5.75 Å². The molecule has 3 rings (SSSR count). The van der Waals surface area contributed by atoms with Crippen molar-refractivity contribution in [2.45, 2.75) is 38.0 Å². The lowest BCUT2D eigenvalue weighted by molar-refractivity contribution is -0.118.